The van der Waals surface area contributed by atoms with Crippen LogP contribution >= 0.6 is 11.6 Å². The van der Waals surface area contributed by atoms with E-state index in [4.69, 9.17) is 11.6 Å². The first-order chi connectivity index (χ1) is 13.4. The third kappa shape index (κ3) is 6.38. The lowest BCUT2D eigenvalue weighted by molar-refractivity contribution is -0.141. The zero-order valence-electron chi connectivity index (χ0n) is 16.8. The standard InChI is InChI=1S/C23H29ClN2O2/c1-4-21(23(28)25-17(2)3)26(16-19-12-8-9-13-20(19)24)22(27)15-14-18-10-6-5-7-11-18/h5-13,17,21H,4,14-16H2,1-3H3,(H,25,28)/t21-/m0/s1. The minimum atomic E-state index is -0.526. The summed E-state index contributed by atoms with van der Waals surface area (Å²) < 4.78 is 0. The summed E-state index contributed by atoms with van der Waals surface area (Å²) in [5.74, 6) is -0.174. The fourth-order valence-electron chi connectivity index (χ4n) is 3.15. The van der Waals surface area contributed by atoms with Crippen molar-refractivity contribution in [2.75, 3.05) is 0 Å². The molecule has 2 aromatic rings. The Morgan fingerprint density at radius 2 is 1.68 bits per heavy atom. The molecule has 0 radical (unpaired) electrons. The van der Waals surface area contributed by atoms with Crippen LogP contribution in [0.4, 0.5) is 0 Å². The number of amides is 2. The number of hydrogen-bond donors (Lipinski definition) is 1. The first kappa shape index (κ1) is 22.0. The maximum absolute atomic E-state index is 13.1. The fraction of sp³-hybridized carbons (Fsp3) is 0.391. The Bertz CT molecular complexity index is 777. The smallest absolute Gasteiger partial charge is 0.243 e. The molecule has 0 saturated carbocycles. The monoisotopic (exact) mass is 400 g/mol. The Morgan fingerprint density at radius 3 is 2.29 bits per heavy atom. The lowest BCUT2D eigenvalue weighted by atomic mass is 10.1. The van der Waals surface area contributed by atoms with Gasteiger partial charge in [-0.1, -0.05) is 67.1 Å². The number of nitrogens with zero attached hydrogens (tertiary/aromatic N) is 1. The highest BCUT2D eigenvalue weighted by Crippen LogP contribution is 2.20. The van der Waals surface area contributed by atoms with Crippen molar-refractivity contribution in [1.82, 2.24) is 10.2 Å². The van der Waals surface area contributed by atoms with Crippen LogP contribution in [-0.4, -0.2) is 28.8 Å². The highest BCUT2D eigenvalue weighted by atomic mass is 35.5. The third-order valence-corrected chi connectivity index (χ3v) is 4.95. The molecule has 0 spiro atoms. The first-order valence-electron chi connectivity index (χ1n) is 9.79. The van der Waals surface area contributed by atoms with E-state index in [1.165, 1.54) is 0 Å². The summed E-state index contributed by atoms with van der Waals surface area (Å²) >= 11 is 6.32. The Kier molecular flexibility index (Phi) is 8.52. The van der Waals surface area contributed by atoms with E-state index < -0.39 is 6.04 Å². The van der Waals surface area contributed by atoms with Crippen molar-refractivity contribution in [3.8, 4) is 0 Å². The molecular weight excluding hydrogens is 372 g/mol. The van der Waals surface area contributed by atoms with Gasteiger partial charge in [-0.15, -0.1) is 0 Å². The average Bonchev–Trinajstić information content (AvgIpc) is 2.67. The van der Waals surface area contributed by atoms with Gasteiger partial charge in [0.15, 0.2) is 0 Å². The van der Waals surface area contributed by atoms with Crippen molar-refractivity contribution in [2.24, 2.45) is 0 Å². The van der Waals surface area contributed by atoms with Gasteiger partial charge in [-0.25, -0.2) is 0 Å². The maximum atomic E-state index is 13.1. The van der Waals surface area contributed by atoms with Crippen LogP contribution in [0.15, 0.2) is 54.6 Å². The van der Waals surface area contributed by atoms with E-state index in [-0.39, 0.29) is 17.9 Å². The van der Waals surface area contributed by atoms with E-state index in [9.17, 15) is 9.59 Å². The second-order valence-corrected chi connectivity index (χ2v) is 7.59. The van der Waals surface area contributed by atoms with Gasteiger partial charge < -0.3 is 10.2 Å². The van der Waals surface area contributed by atoms with E-state index in [0.717, 1.165) is 11.1 Å². The maximum Gasteiger partial charge on any atom is 0.243 e. The Balaban J connectivity index is 2.22. The molecule has 0 fully saturated rings. The van der Waals surface area contributed by atoms with Crippen LogP contribution < -0.4 is 5.32 Å². The summed E-state index contributed by atoms with van der Waals surface area (Å²) in [6.45, 7) is 6.08. The largest absolute Gasteiger partial charge is 0.352 e. The van der Waals surface area contributed by atoms with Crippen molar-refractivity contribution < 1.29 is 9.59 Å². The molecular formula is C23H29ClN2O2. The molecule has 2 rings (SSSR count). The van der Waals surface area contributed by atoms with Crippen molar-refractivity contribution in [2.45, 2.75) is 58.7 Å². The topological polar surface area (TPSA) is 49.4 Å². The van der Waals surface area contributed by atoms with Crippen LogP contribution in [-0.2, 0) is 22.6 Å². The van der Waals surface area contributed by atoms with Crippen molar-refractivity contribution >= 4 is 23.4 Å². The second kappa shape index (κ2) is 10.9. The SMILES string of the molecule is CC[C@@H](C(=O)NC(C)C)N(Cc1ccccc1Cl)C(=O)CCc1ccccc1. The molecule has 1 atom stereocenters. The number of carbonyl (C=O) groups is 2. The van der Waals surface area contributed by atoms with Crippen LogP contribution in [0.5, 0.6) is 0 Å². The van der Waals surface area contributed by atoms with Gasteiger partial charge in [0.2, 0.25) is 11.8 Å². The molecule has 4 nitrogen and oxygen atoms in total. The zero-order chi connectivity index (χ0) is 20.5. The zero-order valence-corrected chi connectivity index (χ0v) is 17.6. The summed E-state index contributed by atoms with van der Waals surface area (Å²) in [6, 6.07) is 16.8. The fourth-order valence-corrected chi connectivity index (χ4v) is 3.35. The Hall–Kier alpha value is -2.33. The van der Waals surface area contributed by atoms with Gasteiger partial charge in [0, 0.05) is 24.0 Å². The summed E-state index contributed by atoms with van der Waals surface area (Å²) in [6.07, 6.45) is 1.53. The summed E-state index contributed by atoms with van der Waals surface area (Å²) in [4.78, 5) is 27.5. The van der Waals surface area contributed by atoms with Crippen molar-refractivity contribution in [1.29, 1.82) is 0 Å². The Morgan fingerprint density at radius 1 is 1.04 bits per heavy atom. The third-order valence-electron chi connectivity index (χ3n) is 4.59. The molecule has 150 valence electrons. The molecule has 0 heterocycles. The second-order valence-electron chi connectivity index (χ2n) is 7.19. The van der Waals surface area contributed by atoms with Crippen molar-refractivity contribution in [3.05, 3.63) is 70.7 Å². The number of carbonyl (C=O) groups excluding carboxylic acids is 2. The van der Waals surface area contributed by atoms with Crippen LogP contribution in [0.25, 0.3) is 0 Å². The van der Waals surface area contributed by atoms with E-state index in [1.54, 1.807) is 11.0 Å². The molecule has 0 saturated heterocycles. The molecule has 0 unspecified atom stereocenters. The number of benzene rings is 2. The number of hydrogen-bond acceptors (Lipinski definition) is 2. The van der Waals surface area contributed by atoms with Gasteiger partial charge in [0.05, 0.1) is 0 Å². The van der Waals surface area contributed by atoms with Gasteiger partial charge in [0.1, 0.15) is 6.04 Å². The molecule has 2 amide bonds. The quantitative estimate of drug-likeness (QED) is 0.668. The molecule has 5 heteroatoms. The van der Waals surface area contributed by atoms with Gasteiger partial charge >= 0.3 is 0 Å². The Labute approximate surface area is 172 Å². The average molecular weight is 401 g/mol. The van der Waals surface area contributed by atoms with E-state index in [2.05, 4.69) is 5.32 Å². The number of halogens is 1. The van der Waals surface area contributed by atoms with E-state index >= 15 is 0 Å². The lowest BCUT2D eigenvalue weighted by Gasteiger charge is -2.31. The van der Waals surface area contributed by atoms with Gasteiger partial charge in [-0.3, -0.25) is 9.59 Å². The van der Waals surface area contributed by atoms with Crippen LogP contribution in [0.2, 0.25) is 5.02 Å². The number of rotatable bonds is 9. The molecule has 2 aromatic carbocycles. The normalized spacial score (nSPS) is 11.9. The highest BCUT2D eigenvalue weighted by molar-refractivity contribution is 6.31. The molecule has 0 aliphatic rings. The molecule has 0 aromatic heterocycles. The molecule has 0 bridgehead atoms. The predicted molar refractivity (Wildman–Crippen MR) is 114 cm³/mol. The first-order valence-corrected chi connectivity index (χ1v) is 10.2. The summed E-state index contributed by atoms with van der Waals surface area (Å²) in [5, 5.41) is 3.54. The van der Waals surface area contributed by atoms with Gasteiger partial charge in [-0.05, 0) is 43.9 Å². The summed E-state index contributed by atoms with van der Waals surface area (Å²) in [5.41, 5.74) is 1.95. The predicted octanol–water partition coefficient (Wildman–Crippen LogP) is 4.60. The molecule has 28 heavy (non-hydrogen) atoms. The molecule has 0 aliphatic carbocycles. The van der Waals surface area contributed by atoms with Crippen molar-refractivity contribution in [3.63, 3.8) is 0 Å². The van der Waals surface area contributed by atoms with Crippen LogP contribution in [0.3, 0.4) is 0 Å². The van der Waals surface area contributed by atoms with Gasteiger partial charge in [-0.2, -0.15) is 0 Å². The number of aryl methyl sites for hydroxylation is 1. The lowest BCUT2D eigenvalue weighted by Crippen LogP contribution is -2.50. The van der Waals surface area contributed by atoms with E-state index in [0.29, 0.717) is 30.8 Å². The summed E-state index contributed by atoms with van der Waals surface area (Å²) in [7, 11) is 0. The van der Waals surface area contributed by atoms with Gasteiger partial charge in [0.25, 0.3) is 0 Å². The minimum Gasteiger partial charge on any atom is -0.352 e. The molecule has 1 N–H and O–H groups in total. The molecule has 0 aliphatic heterocycles. The van der Waals surface area contributed by atoms with Crippen LogP contribution in [0, 0.1) is 0 Å². The highest BCUT2D eigenvalue weighted by Gasteiger charge is 2.29. The number of nitrogens with one attached hydrogen (secondary N) is 1. The van der Waals surface area contributed by atoms with Crippen LogP contribution in [0.1, 0.15) is 44.7 Å². The van der Waals surface area contributed by atoms with E-state index in [1.807, 2.05) is 69.3 Å². The minimum absolute atomic E-state index is 0.0168.